The number of hydrogen-bond donors (Lipinski definition) is 1. The molecular weight excluding hydrogens is 484 g/mol. The van der Waals surface area contributed by atoms with Gasteiger partial charge in [0.2, 0.25) is 5.91 Å². The van der Waals surface area contributed by atoms with Gasteiger partial charge in [-0.25, -0.2) is 19.9 Å². The molecule has 2 aromatic carbocycles. The van der Waals surface area contributed by atoms with E-state index in [1.165, 1.54) is 17.3 Å². The molecule has 11 heteroatoms. The van der Waals surface area contributed by atoms with Gasteiger partial charge in [-0.2, -0.15) is 4.98 Å². The van der Waals surface area contributed by atoms with Crippen molar-refractivity contribution < 1.29 is 14.3 Å². The monoisotopic (exact) mass is 510 g/mol. The van der Waals surface area contributed by atoms with Gasteiger partial charge in [0.1, 0.15) is 35.5 Å². The molecule has 3 aromatic heterocycles. The first-order chi connectivity index (χ1) is 18.4. The zero-order valence-corrected chi connectivity index (χ0v) is 21.3. The minimum absolute atomic E-state index is 0.166. The van der Waals surface area contributed by atoms with Crippen LogP contribution in [-0.2, 0) is 11.8 Å². The predicted octanol–water partition coefficient (Wildman–Crippen LogP) is 4.17. The Labute approximate surface area is 218 Å². The third-order valence-electron chi connectivity index (χ3n) is 5.93. The number of likely N-dealkylation sites (N-methyl/N-ethyl adjacent to an activating group) is 1. The first-order valence-corrected chi connectivity index (χ1v) is 11.9. The van der Waals surface area contributed by atoms with Gasteiger partial charge in [-0.1, -0.05) is 6.58 Å². The number of amides is 1. The molecule has 38 heavy (non-hydrogen) atoms. The van der Waals surface area contributed by atoms with Crippen molar-refractivity contribution in [2.75, 3.05) is 25.5 Å². The summed E-state index contributed by atoms with van der Waals surface area (Å²) in [6, 6.07) is 11.8. The van der Waals surface area contributed by atoms with Crippen LogP contribution in [0.4, 0.5) is 11.5 Å². The number of rotatable bonds is 9. The largest absolute Gasteiger partial charge is 0.462 e. The van der Waals surface area contributed by atoms with Crippen molar-refractivity contribution >= 4 is 39.5 Å². The molecule has 1 amide bonds. The first-order valence-electron chi connectivity index (χ1n) is 11.9. The van der Waals surface area contributed by atoms with Crippen LogP contribution in [0.2, 0.25) is 0 Å². The van der Waals surface area contributed by atoms with Crippen molar-refractivity contribution in [1.82, 2.24) is 34.4 Å². The first kappa shape index (κ1) is 24.6. The summed E-state index contributed by atoms with van der Waals surface area (Å²) in [6.07, 6.45) is 6.05. The molecule has 192 valence electrons. The minimum atomic E-state index is -0.186. The van der Waals surface area contributed by atoms with Crippen LogP contribution in [-0.4, -0.2) is 60.5 Å². The standard InChI is InChI=1S/C27H26N8O3/c1-5-24(36)34(3)10-11-37-27-28-14-21-25(33-27)26(30-15-29-21)32-18-6-9-23(17(2)12-18)38-19-7-8-22-20(13-19)31-16-35(22)4/h5-9,12-16H,1,10-11H2,2-4H3,(H,29,30,32). The van der Waals surface area contributed by atoms with Crippen molar-refractivity contribution in [3.05, 3.63) is 73.5 Å². The van der Waals surface area contributed by atoms with Crippen LogP contribution in [0, 0.1) is 6.92 Å². The second-order valence-corrected chi connectivity index (χ2v) is 8.63. The van der Waals surface area contributed by atoms with Crippen LogP contribution in [0.3, 0.4) is 0 Å². The third kappa shape index (κ3) is 5.21. The van der Waals surface area contributed by atoms with Crippen molar-refractivity contribution in [3.8, 4) is 17.5 Å². The maximum Gasteiger partial charge on any atom is 0.317 e. The number of fused-ring (bicyclic) bond motifs is 2. The van der Waals surface area contributed by atoms with E-state index in [1.54, 1.807) is 19.6 Å². The lowest BCUT2D eigenvalue weighted by atomic mass is 10.2. The quantitative estimate of drug-likeness (QED) is 0.291. The van der Waals surface area contributed by atoms with Crippen LogP contribution >= 0.6 is 0 Å². The van der Waals surface area contributed by atoms with E-state index in [0.717, 1.165) is 28.0 Å². The second kappa shape index (κ2) is 10.5. The van der Waals surface area contributed by atoms with E-state index in [1.807, 2.05) is 54.9 Å². The Morgan fingerprint density at radius 3 is 2.82 bits per heavy atom. The fraction of sp³-hybridized carbons (Fsp3) is 0.185. The Kier molecular flexibility index (Phi) is 6.81. The Morgan fingerprint density at radius 2 is 2.00 bits per heavy atom. The van der Waals surface area contributed by atoms with E-state index < -0.39 is 0 Å². The number of imidazole rings is 1. The molecule has 0 bridgehead atoms. The maximum absolute atomic E-state index is 11.6. The molecule has 0 saturated carbocycles. The number of anilines is 2. The van der Waals surface area contributed by atoms with E-state index in [2.05, 4.69) is 36.8 Å². The minimum Gasteiger partial charge on any atom is -0.462 e. The highest BCUT2D eigenvalue weighted by molar-refractivity contribution is 5.87. The average molecular weight is 511 g/mol. The highest BCUT2D eigenvalue weighted by Crippen LogP contribution is 2.30. The van der Waals surface area contributed by atoms with E-state index in [-0.39, 0.29) is 18.5 Å². The molecule has 0 saturated heterocycles. The van der Waals surface area contributed by atoms with Gasteiger partial charge in [-0.05, 0) is 48.9 Å². The normalized spacial score (nSPS) is 10.9. The maximum atomic E-state index is 11.6. The molecule has 0 aliphatic carbocycles. The molecule has 3 heterocycles. The Hall–Kier alpha value is -5.06. The van der Waals surface area contributed by atoms with Gasteiger partial charge >= 0.3 is 6.01 Å². The zero-order valence-electron chi connectivity index (χ0n) is 21.3. The van der Waals surface area contributed by atoms with E-state index in [4.69, 9.17) is 9.47 Å². The van der Waals surface area contributed by atoms with Crippen LogP contribution in [0.1, 0.15) is 5.56 Å². The van der Waals surface area contributed by atoms with Crippen LogP contribution in [0.25, 0.3) is 22.1 Å². The molecule has 0 atom stereocenters. The number of benzene rings is 2. The molecule has 0 spiro atoms. The average Bonchev–Trinajstić information content (AvgIpc) is 3.29. The Balaban J connectivity index is 1.31. The SMILES string of the molecule is C=CC(=O)N(C)CCOc1ncc2ncnc(Nc3ccc(Oc4ccc5c(c4)ncn5C)c(C)c3)c2n1. The summed E-state index contributed by atoms with van der Waals surface area (Å²) in [5, 5.41) is 3.30. The fourth-order valence-electron chi connectivity index (χ4n) is 3.82. The highest BCUT2D eigenvalue weighted by Gasteiger charge is 2.12. The van der Waals surface area contributed by atoms with Crippen molar-refractivity contribution in [1.29, 1.82) is 0 Å². The van der Waals surface area contributed by atoms with E-state index >= 15 is 0 Å². The Morgan fingerprint density at radius 1 is 1.13 bits per heavy atom. The van der Waals surface area contributed by atoms with Crippen molar-refractivity contribution in [3.63, 3.8) is 0 Å². The lowest BCUT2D eigenvalue weighted by Gasteiger charge is -2.15. The molecular formula is C27H26N8O3. The fourth-order valence-corrected chi connectivity index (χ4v) is 3.82. The van der Waals surface area contributed by atoms with Gasteiger partial charge in [-0.15, -0.1) is 0 Å². The molecule has 5 rings (SSSR count). The number of nitrogens with one attached hydrogen (secondary N) is 1. The Bertz CT molecular complexity index is 1650. The number of aromatic nitrogens is 6. The number of ether oxygens (including phenoxy) is 2. The number of hydrogen-bond acceptors (Lipinski definition) is 9. The summed E-state index contributed by atoms with van der Waals surface area (Å²) in [7, 11) is 3.63. The van der Waals surface area contributed by atoms with Crippen LogP contribution < -0.4 is 14.8 Å². The highest BCUT2D eigenvalue weighted by atomic mass is 16.5. The van der Waals surface area contributed by atoms with Crippen molar-refractivity contribution in [2.45, 2.75) is 6.92 Å². The smallest absolute Gasteiger partial charge is 0.317 e. The summed E-state index contributed by atoms with van der Waals surface area (Å²) >= 11 is 0. The van der Waals surface area contributed by atoms with Gasteiger partial charge < -0.3 is 24.3 Å². The summed E-state index contributed by atoms with van der Waals surface area (Å²) < 4.78 is 13.7. The molecule has 0 aliphatic rings. The lowest BCUT2D eigenvalue weighted by Crippen LogP contribution is -2.29. The van der Waals surface area contributed by atoms with Crippen LogP contribution in [0.5, 0.6) is 17.5 Å². The van der Waals surface area contributed by atoms with Gasteiger partial charge in [-0.3, -0.25) is 4.79 Å². The summed E-state index contributed by atoms with van der Waals surface area (Å²) in [6.45, 7) is 6.05. The topological polar surface area (TPSA) is 120 Å². The lowest BCUT2D eigenvalue weighted by molar-refractivity contribution is -0.125. The number of carbonyl (C=O) groups excluding carboxylic acids is 1. The summed E-state index contributed by atoms with van der Waals surface area (Å²) in [4.78, 5) is 34.8. The van der Waals surface area contributed by atoms with Crippen molar-refractivity contribution in [2.24, 2.45) is 7.05 Å². The zero-order chi connectivity index (χ0) is 26.6. The molecule has 1 N–H and O–H groups in total. The third-order valence-corrected chi connectivity index (χ3v) is 5.93. The molecule has 11 nitrogen and oxygen atoms in total. The predicted molar refractivity (Wildman–Crippen MR) is 144 cm³/mol. The number of aryl methyl sites for hydroxylation is 2. The molecule has 0 radical (unpaired) electrons. The van der Waals surface area contributed by atoms with Gasteiger partial charge in [0.25, 0.3) is 0 Å². The molecule has 0 unspecified atom stereocenters. The number of nitrogens with zero attached hydrogens (tertiary/aromatic N) is 7. The van der Waals surface area contributed by atoms with Gasteiger partial charge in [0, 0.05) is 25.8 Å². The van der Waals surface area contributed by atoms with E-state index in [0.29, 0.717) is 29.1 Å². The summed E-state index contributed by atoms with van der Waals surface area (Å²) in [5.41, 5.74) is 4.73. The second-order valence-electron chi connectivity index (χ2n) is 8.63. The summed E-state index contributed by atoms with van der Waals surface area (Å²) in [5.74, 6) is 1.77. The number of carbonyl (C=O) groups is 1. The van der Waals surface area contributed by atoms with E-state index in [9.17, 15) is 4.79 Å². The molecule has 5 aromatic rings. The van der Waals surface area contributed by atoms with Gasteiger partial charge in [0.05, 0.1) is 30.1 Å². The van der Waals surface area contributed by atoms with Gasteiger partial charge in [0.15, 0.2) is 5.82 Å². The molecule has 0 aliphatic heterocycles. The van der Waals surface area contributed by atoms with Crippen LogP contribution in [0.15, 0.2) is 67.9 Å². The molecule has 0 fully saturated rings.